The van der Waals surface area contributed by atoms with Gasteiger partial charge in [-0.05, 0) is 60.9 Å². The standard InChI is InChI=1S/C23H23N3O2/c1-15-5-6-18(28-15)14-26-11-9-19-20-12-17(27-2)7-8-21(20)25-22(19)23(26)16-4-3-10-24-13-16/h3-8,10,12-13,23,25H,9,11,14H2,1-2H3/t23-/m0/s1. The minimum Gasteiger partial charge on any atom is -0.497 e. The molecule has 0 aliphatic carbocycles. The largest absolute Gasteiger partial charge is 0.497 e. The summed E-state index contributed by atoms with van der Waals surface area (Å²) in [6, 6.07) is 14.6. The highest BCUT2D eigenvalue weighted by Crippen LogP contribution is 2.39. The predicted molar refractivity (Wildman–Crippen MR) is 108 cm³/mol. The van der Waals surface area contributed by atoms with Gasteiger partial charge in [-0.15, -0.1) is 0 Å². The molecule has 0 bridgehead atoms. The van der Waals surface area contributed by atoms with Crippen molar-refractivity contribution < 1.29 is 9.15 Å². The first-order valence-corrected chi connectivity index (χ1v) is 9.60. The molecule has 0 fully saturated rings. The molecule has 28 heavy (non-hydrogen) atoms. The average Bonchev–Trinajstić information content (AvgIpc) is 3.30. The fraction of sp³-hybridized carbons (Fsp3) is 0.261. The van der Waals surface area contributed by atoms with E-state index in [0.717, 1.165) is 42.3 Å². The number of H-pyrrole nitrogens is 1. The summed E-state index contributed by atoms with van der Waals surface area (Å²) in [5.41, 5.74) is 4.95. The van der Waals surface area contributed by atoms with Crippen LogP contribution in [-0.4, -0.2) is 28.5 Å². The molecule has 1 aliphatic heterocycles. The molecule has 4 heterocycles. The fourth-order valence-corrected chi connectivity index (χ4v) is 4.30. The highest BCUT2D eigenvalue weighted by Gasteiger charge is 2.32. The lowest BCUT2D eigenvalue weighted by molar-refractivity contribution is 0.185. The van der Waals surface area contributed by atoms with Gasteiger partial charge in [0.15, 0.2) is 0 Å². The van der Waals surface area contributed by atoms with Crippen LogP contribution in [0.15, 0.2) is 59.3 Å². The molecule has 0 spiro atoms. The van der Waals surface area contributed by atoms with Crippen LogP contribution in [0.3, 0.4) is 0 Å². The number of aromatic nitrogens is 2. The van der Waals surface area contributed by atoms with Crippen LogP contribution in [0.4, 0.5) is 0 Å². The van der Waals surface area contributed by atoms with Crippen LogP contribution in [0.1, 0.15) is 34.4 Å². The minimum atomic E-state index is 0.112. The number of rotatable bonds is 4. The summed E-state index contributed by atoms with van der Waals surface area (Å²) >= 11 is 0. The summed E-state index contributed by atoms with van der Waals surface area (Å²) in [6.07, 6.45) is 4.77. The Morgan fingerprint density at radius 1 is 1.25 bits per heavy atom. The first kappa shape index (κ1) is 17.1. The number of hydrogen-bond acceptors (Lipinski definition) is 4. The highest BCUT2D eigenvalue weighted by molar-refractivity contribution is 5.86. The van der Waals surface area contributed by atoms with Gasteiger partial charge in [-0.25, -0.2) is 0 Å². The molecule has 0 radical (unpaired) electrons. The second-order valence-electron chi connectivity index (χ2n) is 7.35. The number of nitrogens with zero attached hydrogens (tertiary/aromatic N) is 2. The van der Waals surface area contributed by atoms with Crippen LogP contribution >= 0.6 is 0 Å². The van der Waals surface area contributed by atoms with Gasteiger partial charge in [-0.3, -0.25) is 9.88 Å². The van der Waals surface area contributed by atoms with Crippen molar-refractivity contribution in [2.45, 2.75) is 25.9 Å². The number of pyridine rings is 1. The van der Waals surface area contributed by atoms with Gasteiger partial charge in [-0.2, -0.15) is 0 Å². The zero-order valence-corrected chi connectivity index (χ0v) is 16.1. The lowest BCUT2D eigenvalue weighted by atomic mass is 9.93. The van der Waals surface area contributed by atoms with Gasteiger partial charge in [0.25, 0.3) is 0 Å². The first-order valence-electron chi connectivity index (χ1n) is 9.60. The molecule has 5 nitrogen and oxygen atoms in total. The highest BCUT2D eigenvalue weighted by atomic mass is 16.5. The van der Waals surface area contributed by atoms with E-state index in [0.29, 0.717) is 0 Å². The van der Waals surface area contributed by atoms with Gasteiger partial charge in [0.05, 0.1) is 19.7 Å². The molecule has 1 aromatic carbocycles. The molecule has 142 valence electrons. The van der Waals surface area contributed by atoms with Crippen molar-refractivity contribution in [3.63, 3.8) is 0 Å². The summed E-state index contributed by atoms with van der Waals surface area (Å²) < 4.78 is 11.3. The van der Waals surface area contributed by atoms with Gasteiger partial charge >= 0.3 is 0 Å². The molecule has 0 saturated heterocycles. The number of furan rings is 1. The molecule has 5 rings (SSSR count). The monoisotopic (exact) mass is 373 g/mol. The Hall–Kier alpha value is -3.05. The van der Waals surface area contributed by atoms with Crippen LogP contribution in [0.5, 0.6) is 5.75 Å². The van der Waals surface area contributed by atoms with Crippen LogP contribution in [0, 0.1) is 6.92 Å². The molecular weight excluding hydrogens is 350 g/mol. The Morgan fingerprint density at radius 3 is 2.93 bits per heavy atom. The maximum atomic E-state index is 5.86. The van der Waals surface area contributed by atoms with Crippen molar-refractivity contribution in [1.82, 2.24) is 14.9 Å². The van der Waals surface area contributed by atoms with Gasteiger partial charge in [0.1, 0.15) is 17.3 Å². The van der Waals surface area contributed by atoms with Crippen LogP contribution in [0.25, 0.3) is 10.9 Å². The Morgan fingerprint density at radius 2 is 2.18 bits per heavy atom. The maximum Gasteiger partial charge on any atom is 0.119 e. The van der Waals surface area contributed by atoms with E-state index in [1.165, 1.54) is 22.2 Å². The molecule has 1 N–H and O–H groups in total. The number of hydrogen-bond donors (Lipinski definition) is 1. The third-order valence-corrected chi connectivity index (χ3v) is 5.59. The summed E-state index contributed by atoms with van der Waals surface area (Å²) in [5, 5.41) is 1.25. The molecule has 1 aliphatic rings. The zero-order chi connectivity index (χ0) is 19.1. The summed E-state index contributed by atoms with van der Waals surface area (Å²) in [5.74, 6) is 2.83. The molecular formula is C23H23N3O2. The predicted octanol–water partition coefficient (Wildman–Crippen LogP) is 4.62. The van der Waals surface area contributed by atoms with Crippen LogP contribution in [-0.2, 0) is 13.0 Å². The summed E-state index contributed by atoms with van der Waals surface area (Å²) in [7, 11) is 1.71. The van der Waals surface area contributed by atoms with E-state index in [4.69, 9.17) is 9.15 Å². The lowest BCUT2D eigenvalue weighted by Gasteiger charge is -2.35. The summed E-state index contributed by atoms with van der Waals surface area (Å²) in [4.78, 5) is 10.5. The minimum absolute atomic E-state index is 0.112. The van der Waals surface area contributed by atoms with E-state index in [9.17, 15) is 0 Å². The van der Waals surface area contributed by atoms with Gasteiger partial charge in [0.2, 0.25) is 0 Å². The Bertz CT molecular complexity index is 1110. The quantitative estimate of drug-likeness (QED) is 0.567. The average molecular weight is 373 g/mol. The van der Waals surface area contributed by atoms with Crippen molar-refractivity contribution in [1.29, 1.82) is 0 Å². The van der Waals surface area contributed by atoms with E-state index in [2.05, 4.69) is 39.1 Å². The topological polar surface area (TPSA) is 54.3 Å². The number of ether oxygens (including phenoxy) is 1. The van der Waals surface area contributed by atoms with E-state index < -0.39 is 0 Å². The SMILES string of the molecule is COc1ccc2[nH]c3c(c2c1)CCN(Cc1ccc(C)o1)[C@H]3c1cccnc1. The second kappa shape index (κ2) is 6.84. The third-order valence-electron chi connectivity index (χ3n) is 5.59. The molecule has 3 aromatic heterocycles. The number of aromatic amines is 1. The molecule has 0 amide bonds. The van der Waals surface area contributed by atoms with Gasteiger partial charge in [0, 0.05) is 35.5 Å². The number of fused-ring (bicyclic) bond motifs is 3. The molecule has 0 saturated carbocycles. The van der Waals surface area contributed by atoms with Crippen molar-refractivity contribution in [3.8, 4) is 5.75 Å². The normalized spacial score (nSPS) is 17.0. The zero-order valence-electron chi connectivity index (χ0n) is 16.1. The first-order chi connectivity index (χ1) is 13.7. The van der Waals surface area contributed by atoms with Crippen molar-refractivity contribution in [3.05, 3.63) is 83.2 Å². The van der Waals surface area contributed by atoms with Crippen LogP contribution in [0.2, 0.25) is 0 Å². The van der Waals surface area contributed by atoms with Crippen molar-refractivity contribution >= 4 is 10.9 Å². The third kappa shape index (κ3) is 2.88. The van der Waals surface area contributed by atoms with Crippen molar-refractivity contribution in [2.24, 2.45) is 0 Å². The molecule has 1 atom stereocenters. The lowest BCUT2D eigenvalue weighted by Crippen LogP contribution is -2.35. The fourth-order valence-electron chi connectivity index (χ4n) is 4.30. The van der Waals surface area contributed by atoms with E-state index in [1.54, 1.807) is 7.11 Å². The van der Waals surface area contributed by atoms with E-state index in [1.807, 2.05) is 37.5 Å². The maximum absolute atomic E-state index is 5.86. The Balaban J connectivity index is 1.62. The number of nitrogens with one attached hydrogen (secondary N) is 1. The number of aryl methyl sites for hydroxylation is 1. The number of methoxy groups -OCH3 is 1. The second-order valence-corrected chi connectivity index (χ2v) is 7.35. The summed E-state index contributed by atoms with van der Waals surface area (Å²) in [6.45, 7) is 3.71. The van der Waals surface area contributed by atoms with Crippen LogP contribution < -0.4 is 4.74 Å². The van der Waals surface area contributed by atoms with E-state index in [-0.39, 0.29) is 6.04 Å². The van der Waals surface area contributed by atoms with Crippen molar-refractivity contribution in [2.75, 3.05) is 13.7 Å². The Kier molecular flexibility index (Phi) is 4.17. The smallest absolute Gasteiger partial charge is 0.119 e. The van der Waals surface area contributed by atoms with Gasteiger partial charge in [-0.1, -0.05) is 6.07 Å². The Labute approximate surface area is 164 Å². The van der Waals surface area contributed by atoms with Gasteiger partial charge < -0.3 is 14.1 Å². The number of benzene rings is 1. The molecule has 4 aromatic rings. The van der Waals surface area contributed by atoms with E-state index >= 15 is 0 Å². The molecule has 5 heteroatoms. The molecule has 0 unspecified atom stereocenters.